The van der Waals surface area contributed by atoms with Crippen LogP contribution >= 0.6 is 47.8 Å². The summed E-state index contributed by atoms with van der Waals surface area (Å²) in [4.78, 5) is 0. The third kappa shape index (κ3) is 16.4. The van der Waals surface area contributed by atoms with Crippen LogP contribution in [0.1, 0.15) is 0 Å². The second kappa shape index (κ2) is 35.6. The van der Waals surface area contributed by atoms with Crippen LogP contribution in [0.3, 0.4) is 0 Å². The van der Waals surface area contributed by atoms with Gasteiger partial charge in [0.2, 0.25) is 0 Å². The van der Waals surface area contributed by atoms with E-state index in [1.807, 2.05) is 84.9 Å². The van der Waals surface area contributed by atoms with Crippen molar-refractivity contribution in [2.75, 3.05) is 0 Å². The van der Waals surface area contributed by atoms with E-state index in [1.54, 1.807) is 6.07 Å². The van der Waals surface area contributed by atoms with Crippen molar-refractivity contribution >= 4 is 235 Å². The Morgan fingerprint density at radius 2 is 0.341 bits per heavy atom. The second-order valence-electron chi connectivity index (χ2n) is 32.9. The quantitative estimate of drug-likeness (QED) is 0.0728. The van der Waals surface area contributed by atoms with Crippen LogP contribution in [0, 0.1) is 0 Å². The smallest absolute Gasteiger partial charge is 0.423 e. The highest BCUT2D eigenvalue weighted by Crippen LogP contribution is 2.46. The minimum atomic E-state index is -1.52. The average molecular weight is 1850 g/mol. The maximum absolute atomic E-state index is 10.1. The molecule has 0 saturated heterocycles. The minimum absolute atomic E-state index is 0.522. The van der Waals surface area contributed by atoms with Crippen molar-refractivity contribution in [1.82, 2.24) is 0 Å². The zero-order valence-electron chi connectivity index (χ0n) is 69.9. The number of rotatable bonds is 7. The van der Waals surface area contributed by atoms with E-state index < -0.39 is 14.2 Å². The molecule has 0 bridgehead atoms. The van der Waals surface area contributed by atoms with Crippen LogP contribution in [0.25, 0.3) is 217 Å². The van der Waals surface area contributed by atoms with E-state index in [9.17, 15) is 20.1 Å². The molecule has 9 heteroatoms. The molecule has 25 aromatic rings. The topological polar surface area (TPSA) is 80.9 Å². The molecule has 0 atom stereocenters. The predicted molar refractivity (Wildman–Crippen MR) is 565 cm³/mol. The molecular weight excluding hydrogens is 1770 g/mol. The van der Waals surface area contributed by atoms with Gasteiger partial charge in [-0.25, -0.2) is 0 Å². The number of hydrogen-bond donors (Lipinski definition) is 4. The lowest BCUT2D eigenvalue weighted by Crippen LogP contribution is -2.31. The number of fused-ring (bicyclic) bond motifs is 18. The zero-order valence-corrected chi connectivity index (χ0v) is 74.6. The predicted octanol–water partition coefficient (Wildman–Crippen LogP) is 31.7. The first kappa shape index (κ1) is 81.8. The molecule has 0 aliphatic rings. The molecule has 4 N–H and O–H groups in total. The Labute approximate surface area is 772 Å². The molecule has 0 amide bonds. The van der Waals surface area contributed by atoms with Crippen LogP contribution in [-0.4, -0.2) is 34.3 Å². The molecule has 0 saturated carbocycles. The van der Waals surface area contributed by atoms with E-state index in [0.29, 0.717) is 10.9 Å². The van der Waals surface area contributed by atoms with Crippen LogP contribution in [-0.2, 0) is 0 Å². The normalized spacial score (nSPS) is 11.4. The van der Waals surface area contributed by atoms with E-state index in [-0.39, 0.29) is 0 Å². The van der Waals surface area contributed by atoms with Gasteiger partial charge in [0.25, 0.3) is 0 Å². The van der Waals surface area contributed by atoms with Crippen LogP contribution < -0.4 is 10.9 Å². The van der Waals surface area contributed by atoms with E-state index in [1.165, 1.54) is 163 Å². The molecule has 4 nitrogen and oxygen atoms in total. The average Bonchev–Trinajstić information content (AvgIpc) is 0.732. The Balaban J connectivity index is 0.000000106. The van der Waals surface area contributed by atoms with Crippen molar-refractivity contribution in [3.63, 3.8) is 0 Å². The van der Waals surface area contributed by atoms with Crippen LogP contribution in [0.5, 0.6) is 0 Å². The summed E-state index contributed by atoms with van der Waals surface area (Å²) in [7, 11) is -2.94. The van der Waals surface area contributed by atoms with Gasteiger partial charge in [-0.3, -0.25) is 0 Å². The van der Waals surface area contributed by atoms with Crippen LogP contribution in [0.15, 0.2) is 468 Å². The van der Waals surface area contributed by atoms with Gasteiger partial charge >= 0.3 is 14.2 Å². The van der Waals surface area contributed by atoms with Gasteiger partial charge in [-0.1, -0.05) is 424 Å². The summed E-state index contributed by atoms with van der Waals surface area (Å²) >= 11 is 10.4. The lowest BCUT2D eigenvalue weighted by atomic mass is 9.72. The first-order chi connectivity index (χ1) is 63.3. The summed E-state index contributed by atoms with van der Waals surface area (Å²) in [6.45, 7) is 0. The van der Waals surface area contributed by atoms with Gasteiger partial charge in [-0.2, -0.15) is 0 Å². The highest BCUT2D eigenvalue weighted by molar-refractivity contribution is 9.11. The van der Waals surface area contributed by atoms with Crippen molar-refractivity contribution < 1.29 is 20.1 Å². The second-order valence-corrected chi connectivity index (χ2v) is 35.7. The maximum Gasteiger partial charge on any atom is 0.489 e. The van der Waals surface area contributed by atoms with Gasteiger partial charge in [-0.15, -0.1) is 0 Å². The monoisotopic (exact) mass is 1840 g/mol. The number of benzene rings is 25. The summed E-state index contributed by atoms with van der Waals surface area (Å²) in [5.74, 6) is 0. The third-order valence-electron chi connectivity index (χ3n) is 25.2. The molecule has 0 aromatic heterocycles. The Bertz CT molecular complexity index is 8580. The molecule has 25 rings (SSSR count). The lowest BCUT2D eigenvalue weighted by molar-refractivity contribution is 0.425. The van der Waals surface area contributed by atoms with E-state index in [4.69, 9.17) is 0 Å². The highest BCUT2D eigenvalue weighted by atomic mass is 79.9. The van der Waals surface area contributed by atoms with Crippen molar-refractivity contribution in [1.29, 1.82) is 0 Å². The molecule has 0 heterocycles. The van der Waals surface area contributed by atoms with E-state index >= 15 is 0 Å². The Kier molecular flexibility index (Phi) is 22.6. The summed E-state index contributed by atoms with van der Waals surface area (Å²) in [6, 6.07) is 161. The van der Waals surface area contributed by atoms with Crippen LogP contribution in [0.2, 0.25) is 0 Å². The maximum atomic E-state index is 10.1. The Morgan fingerprint density at radius 1 is 0.140 bits per heavy atom. The summed E-state index contributed by atoms with van der Waals surface area (Å²) in [5, 5.41) is 74.7. The fraction of sp³-hybridized carbons (Fsp3) is 0. The van der Waals surface area contributed by atoms with Crippen LogP contribution in [0.4, 0.5) is 0 Å². The largest absolute Gasteiger partial charge is 0.489 e. The zero-order chi connectivity index (χ0) is 87.2. The molecule has 610 valence electrons. The van der Waals surface area contributed by atoms with Gasteiger partial charge in [0.15, 0.2) is 0 Å². The molecular formula is C120H79B2Br3O4. The third-order valence-corrected chi connectivity index (χ3v) is 26.6. The van der Waals surface area contributed by atoms with Crippen molar-refractivity contribution in [3.05, 3.63) is 468 Å². The van der Waals surface area contributed by atoms with E-state index in [0.717, 1.165) is 67.6 Å². The molecule has 0 radical (unpaired) electrons. The molecule has 0 fully saturated rings. The van der Waals surface area contributed by atoms with Crippen molar-refractivity contribution in [3.8, 4) is 55.6 Å². The Hall–Kier alpha value is -14.2. The lowest BCUT2D eigenvalue weighted by Gasteiger charge is -2.18. The van der Waals surface area contributed by atoms with Gasteiger partial charge in [0, 0.05) is 13.4 Å². The molecule has 0 spiro atoms. The first-order valence-electron chi connectivity index (χ1n) is 43.2. The van der Waals surface area contributed by atoms with Crippen molar-refractivity contribution in [2.24, 2.45) is 0 Å². The Morgan fingerprint density at radius 3 is 0.667 bits per heavy atom. The number of hydrogen-bond acceptors (Lipinski definition) is 4. The number of halogens is 3. The summed E-state index contributed by atoms with van der Waals surface area (Å²) in [5.41, 5.74) is 13.4. The fourth-order valence-electron chi connectivity index (χ4n) is 18.9. The standard InChI is InChI=1S/C48H30.C24H17BO2.C24H15Br.C14H11BO2.C10H6Br2/c1-2-11-34-28-39(25-17-31(34)9-1)47-42-13-5-7-15-44(42)48(45-16-8-6-14-43(45)47)40-26-24-35-27-36(22-23-37(35)29-40)38-21-20-33-19-18-32-10-3-4-12-41(32)46(33)30-38;26-25(27)24-21-11-5-3-9-19(21)23(20-10-4-6-12-22(20)24)18-14-13-16-7-1-2-8-17(16)15-18;25-22-12-11-19-13-18(9-10-20(19)14-22)21-8-7-17-6-5-16-3-1-2-4-23(16)24(17)15-21;16-15(17)12-8-7-11-6-5-10-3-1-2-4-13(10)14(11)9-12;11-9-3-1-7-5-10(12)4-2-8(7)6-9/h1-30H;1-15,26-27H;1-15H;1-9,16-17H;1-6H. The van der Waals surface area contributed by atoms with E-state index in [2.05, 4.69) is 412 Å². The van der Waals surface area contributed by atoms with Gasteiger partial charge in [0.05, 0.1) is 0 Å². The SMILES string of the molecule is Brc1ccc2cc(-c3ccc4ccc5ccccc5c4c3)ccc2c1.Brc1ccc2cc(Br)ccc2c1.OB(O)c1c2ccccc2c(-c2ccc3ccccc3c2)c2ccccc12.OB(O)c1ccc2ccc3ccccc3c2c1.c1ccc2cc(-c3c4ccccc4c(-c4ccc5cc(-c6ccc7ccc8ccccc8c7c6)ccc5c4)c4ccccc34)ccc2c1. The molecule has 0 aliphatic carbocycles. The highest BCUT2D eigenvalue weighted by Gasteiger charge is 2.24. The summed E-state index contributed by atoms with van der Waals surface area (Å²) in [6.07, 6.45) is 0. The van der Waals surface area contributed by atoms with Gasteiger partial charge < -0.3 is 20.1 Å². The van der Waals surface area contributed by atoms with Crippen molar-refractivity contribution in [2.45, 2.75) is 0 Å². The minimum Gasteiger partial charge on any atom is -0.423 e. The molecule has 0 aliphatic heterocycles. The van der Waals surface area contributed by atoms with Gasteiger partial charge in [-0.05, 0) is 307 Å². The fourth-order valence-corrected chi connectivity index (χ4v) is 20.0. The molecule has 0 unspecified atom stereocenters. The van der Waals surface area contributed by atoms with Gasteiger partial charge in [0.1, 0.15) is 0 Å². The first-order valence-corrected chi connectivity index (χ1v) is 45.6. The summed E-state index contributed by atoms with van der Waals surface area (Å²) < 4.78 is 3.36. The molecule has 25 aromatic carbocycles. The molecule has 129 heavy (non-hydrogen) atoms.